The van der Waals surface area contributed by atoms with Gasteiger partial charge in [-0.15, -0.1) is 0 Å². The molecule has 0 heterocycles. The molecule has 1 amide bonds. The first-order chi connectivity index (χ1) is 6.53. The lowest BCUT2D eigenvalue weighted by atomic mass is 9.82. The van der Waals surface area contributed by atoms with Gasteiger partial charge in [-0.3, -0.25) is 4.79 Å². The SMILES string of the molecule is CC(C)(CCBr)NC(=O)CC1CCC1. The Balaban J connectivity index is 2.23. The van der Waals surface area contributed by atoms with Crippen molar-refractivity contribution < 1.29 is 4.79 Å². The fourth-order valence-electron chi connectivity index (χ4n) is 1.69. The molecule has 1 saturated carbocycles. The van der Waals surface area contributed by atoms with E-state index in [1.54, 1.807) is 0 Å². The fourth-order valence-corrected chi connectivity index (χ4v) is 2.68. The number of carbonyl (C=O) groups is 1. The highest BCUT2D eigenvalue weighted by molar-refractivity contribution is 9.09. The highest BCUT2D eigenvalue weighted by Crippen LogP contribution is 2.29. The molecule has 0 spiro atoms. The summed E-state index contributed by atoms with van der Waals surface area (Å²) in [5.41, 5.74) is -0.0651. The molecule has 1 N–H and O–H groups in total. The molecule has 0 aromatic carbocycles. The molecule has 1 rings (SSSR count). The van der Waals surface area contributed by atoms with Crippen LogP contribution in [-0.4, -0.2) is 16.8 Å². The van der Waals surface area contributed by atoms with E-state index in [2.05, 4.69) is 35.1 Å². The van der Waals surface area contributed by atoms with E-state index in [1.807, 2.05) is 0 Å². The van der Waals surface area contributed by atoms with Crippen LogP contribution >= 0.6 is 15.9 Å². The molecule has 0 unspecified atom stereocenters. The van der Waals surface area contributed by atoms with Crippen molar-refractivity contribution in [2.75, 3.05) is 5.33 Å². The molecule has 0 aliphatic heterocycles. The molecule has 1 aliphatic carbocycles. The van der Waals surface area contributed by atoms with Crippen LogP contribution in [0.5, 0.6) is 0 Å². The van der Waals surface area contributed by atoms with E-state index in [0.29, 0.717) is 5.92 Å². The third-order valence-corrected chi connectivity index (χ3v) is 3.29. The highest BCUT2D eigenvalue weighted by atomic mass is 79.9. The van der Waals surface area contributed by atoms with Gasteiger partial charge in [0.15, 0.2) is 0 Å². The van der Waals surface area contributed by atoms with Gasteiger partial charge < -0.3 is 5.32 Å². The minimum atomic E-state index is -0.0651. The van der Waals surface area contributed by atoms with E-state index in [1.165, 1.54) is 19.3 Å². The van der Waals surface area contributed by atoms with E-state index in [9.17, 15) is 4.79 Å². The van der Waals surface area contributed by atoms with Gasteiger partial charge in [0.05, 0.1) is 0 Å². The zero-order valence-corrected chi connectivity index (χ0v) is 10.7. The quantitative estimate of drug-likeness (QED) is 0.758. The van der Waals surface area contributed by atoms with Crippen LogP contribution < -0.4 is 5.32 Å². The van der Waals surface area contributed by atoms with Crippen molar-refractivity contribution >= 4 is 21.8 Å². The predicted molar refractivity (Wildman–Crippen MR) is 62.6 cm³/mol. The number of amides is 1. The molecular weight excluding hydrogens is 242 g/mol. The summed E-state index contributed by atoms with van der Waals surface area (Å²) in [6.07, 6.45) is 5.50. The van der Waals surface area contributed by atoms with E-state index >= 15 is 0 Å². The number of hydrogen-bond donors (Lipinski definition) is 1. The molecule has 0 bridgehead atoms. The zero-order valence-electron chi connectivity index (χ0n) is 9.11. The molecule has 0 radical (unpaired) electrons. The van der Waals surface area contributed by atoms with Gasteiger partial charge >= 0.3 is 0 Å². The van der Waals surface area contributed by atoms with Gasteiger partial charge in [0, 0.05) is 17.3 Å². The van der Waals surface area contributed by atoms with E-state index in [0.717, 1.165) is 18.2 Å². The Morgan fingerprint density at radius 2 is 2.14 bits per heavy atom. The molecule has 0 atom stereocenters. The monoisotopic (exact) mass is 261 g/mol. The lowest BCUT2D eigenvalue weighted by molar-refractivity contribution is -0.124. The van der Waals surface area contributed by atoms with Gasteiger partial charge in [-0.2, -0.15) is 0 Å². The number of carbonyl (C=O) groups excluding carboxylic acids is 1. The third kappa shape index (κ3) is 3.99. The van der Waals surface area contributed by atoms with Crippen molar-refractivity contribution in [3.05, 3.63) is 0 Å². The van der Waals surface area contributed by atoms with Crippen molar-refractivity contribution in [3.8, 4) is 0 Å². The van der Waals surface area contributed by atoms with Crippen LogP contribution in [0.15, 0.2) is 0 Å². The van der Waals surface area contributed by atoms with Crippen LogP contribution in [0.2, 0.25) is 0 Å². The second kappa shape index (κ2) is 5.15. The minimum Gasteiger partial charge on any atom is -0.351 e. The van der Waals surface area contributed by atoms with Crippen LogP contribution in [0.25, 0.3) is 0 Å². The van der Waals surface area contributed by atoms with Gasteiger partial charge in [0.25, 0.3) is 0 Å². The standard InChI is InChI=1S/C11H20BrNO/c1-11(2,6-7-12)13-10(14)8-9-4-3-5-9/h9H,3-8H2,1-2H3,(H,13,14). The average Bonchev–Trinajstić information content (AvgIpc) is 1.95. The maximum atomic E-state index is 11.6. The van der Waals surface area contributed by atoms with Crippen molar-refractivity contribution in [2.45, 2.75) is 51.5 Å². The Morgan fingerprint density at radius 1 is 1.50 bits per heavy atom. The van der Waals surface area contributed by atoms with Crippen LogP contribution in [-0.2, 0) is 4.79 Å². The summed E-state index contributed by atoms with van der Waals surface area (Å²) in [5, 5.41) is 4.02. The Labute approximate surface area is 95.0 Å². The lowest BCUT2D eigenvalue weighted by Crippen LogP contribution is -2.44. The summed E-state index contributed by atoms with van der Waals surface area (Å²) in [7, 11) is 0. The van der Waals surface area contributed by atoms with Crippen molar-refractivity contribution in [3.63, 3.8) is 0 Å². The zero-order chi connectivity index (χ0) is 10.6. The summed E-state index contributed by atoms with van der Waals surface area (Å²) >= 11 is 3.40. The first-order valence-electron chi connectivity index (χ1n) is 5.40. The molecule has 3 heteroatoms. The van der Waals surface area contributed by atoms with E-state index in [4.69, 9.17) is 0 Å². The van der Waals surface area contributed by atoms with Gasteiger partial charge in [-0.05, 0) is 39.0 Å². The van der Waals surface area contributed by atoms with Gasteiger partial charge in [-0.1, -0.05) is 22.4 Å². The minimum absolute atomic E-state index is 0.0651. The van der Waals surface area contributed by atoms with Gasteiger partial charge in [0.1, 0.15) is 0 Å². The van der Waals surface area contributed by atoms with Crippen LogP contribution in [0.4, 0.5) is 0 Å². The molecule has 82 valence electrons. The molecule has 14 heavy (non-hydrogen) atoms. The number of rotatable bonds is 5. The topological polar surface area (TPSA) is 29.1 Å². The van der Waals surface area contributed by atoms with Crippen LogP contribution in [0.1, 0.15) is 46.0 Å². The normalized spacial score (nSPS) is 17.6. The average molecular weight is 262 g/mol. The van der Waals surface area contributed by atoms with Gasteiger partial charge in [0.2, 0.25) is 5.91 Å². The van der Waals surface area contributed by atoms with Gasteiger partial charge in [-0.25, -0.2) is 0 Å². The van der Waals surface area contributed by atoms with Crippen LogP contribution in [0, 0.1) is 5.92 Å². The number of alkyl halides is 1. The maximum absolute atomic E-state index is 11.6. The summed E-state index contributed by atoms with van der Waals surface area (Å²) in [6.45, 7) is 4.15. The first-order valence-corrected chi connectivity index (χ1v) is 6.52. The third-order valence-electron chi connectivity index (χ3n) is 2.90. The Morgan fingerprint density at radius 3 is 2.57 bits per heavy atom. The molecule has 0 aromatic rings. The number of halogens is 1. The number of nitrogens with one attached hydrogen (secondary N) is 1. The largest absolute Gasteiger partial charge is 0.351 e. The van der Waals surface area contributed by atoms with Crippen LogP contribution in [0.3, 0.4) is 0 Å². The summed E-state index contributed by atoms with van der Waals surface area (Å²) < 4.78 is 0. The molecule has 2 nitrogen and oxygen atoms in total. The maximum Gasteiger partial charge on any atom is 0.220 e. The highest BCUT2D eigenvalue weighted by Gasteiger charge is 2.24. The van der Waals surface area contributed by atoms with Crippen molar-refractivity contribution in [1.29, 1.82) is 0 Å². The smallest absolute Gasteiger partial charge is 0.220 e. The molecule has 1 fully saturated rings. The molecule has 1 aliphatic rings. The van der Waals surface area contributed by atoms with Crippen molar-refractivity contribution in [2.24, 2.45) is 5.92 Å². The summed E-state index contributed by atoms with van der Waals surface area (Å²) in [6, 6.07) is 0. The number of hydrogen-bond acceptors (Lipinski definition) is 1. The molecular formula is C11H20BrNO. The first kappa shape index (κ1) is 12.0. The Kier molecular flexibility index (Phi) is 4.42. The fraction of sp³-hybridized carbons (Fsp3) is 0.909. The molecule has 0 saturated heterocycles. The van der Waals surface area contributed by atoms with Crippen molar-refractivity contribution in [1.82, 2.24) is 5.32 Å². The lowest BCUT2D eigenvalue weighted by Gasteiger charge is -2.29. The van der Waals surface area contributed by atoms with E-state index < -0.39 is 0 Å². The summed E-state index contributed by atoms with van der Waals surface area (Å²) in [5.74, 6) is 0.885. The Hall–Kier alpha value is -0.0500. The van der Waals surface area contributed by atoms with E-state index in [-0.39, 0.29) is 11.4 Å². The Bertz CT molecular complexity index is 199. The molecule has 0 aromatic heterocycles. The second-order valence-corrected chi connectivity index (χ2v) is 5.67. The summed E-state index contributed by atoms with van der Waals surface area (Å²) in [4.78, 5) is 11.6. The second-order valence-electron chi connectivity index (χ2n) is 4.87. The predicted octanol–water partition coefficient (Wildman–Crippen LogP) is 2.86.